The summed E-state index contributed by atoms with van der Waals surface area (Å²) in [6.07, 6.45) is 3.31. The summed E-state index contributed by atoms with van der Waals surface area (Å²) in [6.45, 7) is 6.76. The predicted molar refractivity (Wildman–Crippen MR) is 103 cm³/mol. The fraction of sp³-hybridized carbons (Fsp3) is 0.611. The predicted octanol–water partition coefficient (Wildman–Crippen LogP) is 3.39. The number of rotatable bonds is 7. The Bertz CT molecular complexity index is 521. The lowest BCUT2D eigenvalue weighted by Crippen LogP contribution is -2.47. The zero-order chi connectivity index (χ0) is 16.8. The average Bonchev–Trinajstić information content (AvgIpc) is 3.07. The summed E-state index contributed by atoms with van der Waals surface area (Å²) >= 11 is 6.14. The first-order chi connectivity index (χ1) is 11.0. The Labute approximate surface area is 156 Å². The Morgan fingerprint density at radius 2 is 2.04 bits per heavy atom. The van der Waals surface area contributed by atoms with Crippen LogP contribution >= 0.6 is 24.0 Å². The number of halogens is 2. The van der Waals surface area contributed by atoms with Crippen molar-refractivity contribution in [2.75, 3.05) is 19.6 Å². The molecule has 1 saturated heterocycles. The first-order valence-electron chi connectivity index (χ1n) is 8.55. The average molecular weight is 374 g/mol. The number of amides is 1. The minimum Gasteiger partial charge on any atom is -0.353 e. The van der Waals surface area contributed by atoms with E-state index in [0.717, 1.165) is 30.1 Å². The quantitative estimate of drug-likeness (QED) is 0.769. The van der Waals surface area contributed by atoms with Crippen LogP contribution in [0.4, 0.5) is 0 Å². The van der Waals surface area contributed by atoms with E-state index in [-0.39, 0.29) is 30.3 Å². The SMILES string of the molecule is CCC(C)C(N)C(=O)NCC(c1cccc(Cl)c1)N1CCCC1.Cl. The number of nitrogens with two attached hydrogens (primary N) is 1. The van der Waals surface area contributed by atoms with Gasteiger partial charge in [0.1, 0.15) is 0 Å². The highest BCUT2D eigenvalue weighted by atomic mass is 35.5. The van der Waals surface area contributed by atoms with Gasteiger partial charge in [0.2, 0.25) is 5.91 Å². The van der Waals surface area contributed by atoms with Gasteiger partial charge in [-0.25, -0.2) is 0 Å². The Morgan fingerprint density at radius 3 is 2.62 bits per heavy atom. The number of benzene rings is 1. The Kier molecular flexibility index (Phi) is 9.06. The number of hydrogen-bond acceptors (Lipinski definition) is 3. The van der Waals surface area contributed by atoms with Gasteiger partial charge in [0.15, 0.2) is 0 Å². The first-order valence-corrected chi connectivity index (χ1v) is 8.93. The molecule has 0 saturated carbocycles. The molecule has 0 spiro atoms. The molecular formula is C18H29Cl2N3O. The van der Waals surface area contributed by atoms with E-state index in [2.05, 4.69) is 23.2 Å². The summed E-state index contributed by atoms with van der Waals surface area (Å²) in [6, 6.07) is 7.63. The third-order valence-corrected chi connectivity index (χ3v) is 5.08. The van der Waals surface area contributed by atoms with Crippen LogP contribution in [0.25, 0.3) is 0 Å². The Balaban J connectivity index is 0.00000288. The summed E-state index contributed by atoms with van der Waals surface area (Å²) in [5, 5.41) is 3.77. The maximum Gasteiger partial charge on any atom is 0.237 e. The monoisotopic (exact) mass is 373 g/mol. The molecule has 1 aliphatic heterocycles. The molecule has 1 aliphatic rings. The van der Waals surface area contributed by atoms with E-state index in [4.69, 9.17) is 17.3 Å². The Morgan fingerprint density at radius 1 is 1.38 bits per heavy atom. The molecule has 0 bridgehead atoms. The minimum absolute atomic E-state index is 0. The van der Waals surface area contributed by atoms with Crippen LogP contribution in [-0.2, 0) is 4.79 Å². The molecule has 1 heterocycles. The van der Waals surface area contributed by atoms with Crippen molar-refractivity contribution in [3.63, 3.8) is 0 Å². The molecule has 0 radical (unpaired) electrons. The molecule has 6 heteroatoms. The van der Waals surface area contributed by atoms with E-state index < -0.39 is 6.04 Å². The molecule has 0 aliphatic carbocycles. The van der Waals surface area contributed by atoms with Gasteiger partial charge in [-0.15, -0.1) is 12.4 Å². The molecule has 3 N–H and O–H groups in total. The number of nitrogens with one attached hydrogen (secondary N) is 1. The van der Waals surface area contributed by atoms with Gasteiger partial charge in [-0.05, 0) is 49.5 Å². The topological polar surface area (TPSA) is 58.4 Å². The highest BCUT2D eigenvalue weighted by Gasteiger charge is 2.26. The van der Waals surface area contributed by atoms with E-state index in [1.165, 1.54) is 12.8 Å². The maximum absolute atomic E-state index is 12.3. The third kappa shape index (κ3) is 5.62. The van der Waals surface area contributed by atoms with Crippen molar-refractivity contribution in [1.82, 2.24) is 10.2 Å². The second kappa shape index (κ2) is 10.2. The summed E-state index contributed by atoms with van der Waals surface area (Å²) in [5.74, 6) is 0.122. The summed E-state index contributed by atoms with van der Waals surface area (Å²) in [4.78, 5) is 14.7. The molecule has 2 rings (SSSR count). The van der Waals surface area contributed by atoms with Crippen LogP contribution in [0.2, 0.25) is 5.02 Å². The van der Waals surface area contributed by atoms with Gasteiger partial charge in [0, 0.05) is 11.6 Å². The number of hydrogen-bond donors (Lipinski definition) is 2. The van der Waals surface area contributed by atoms with Crippen LogP contribution in [0.3, 0.4) is 0 Å². The van der Waals surface area contributed by atoms with Crippen molar-refractivity contribution >= 4 is 29.9 Å². The first kappa shape index (κ1) is 21.2. The fourth-order valence-corrected chi connectivity index (χ4v) is 3.25. The highest BCUT2D eigenvalue weighted by Crippen LogP contribution is 2.26. The lowest BCUT2D eigenvalue weighted by atomic mass is 9.99. The van der Waals surface area contributed by atoms with Crippen LogP contribution in [-0.4, -0.2) is 36.5 Å². The van der Waals surface area contributed by atoms with Crippen molar-refractivity contribution in [1.29, 1.82) is 0 Å². The number of likely N-dealkylation sites (tertiary alicyclic amines) is 1. The number of nitrogens with zero attached hydrogens (tertiary/aromatic N) is 1. The molecule has 1 amide bonds. The highest BCUT2D eigenvalue weighted by molar-refractivity contribution is 6.30. The largest absolute Gasteiger partial charge is 0.353 e. The summed E-state index contributed by atoms with van der Waals surface area (Å²) in [7, 11) is 0. The fourth-order valence-electron chi connectivity index (χ4n) is 3.05. The van der Waals surface area contributed by atoms with Crippen LogP contribution in [0.5, 0.6) is 0 Å². The van der Waals surface area contributed by atoms with E-state index in [0.29, 0.717) is 6.54 Å². The lowest BCUT2D eigenvalue weighted by Gasteiger charge is -2.29. The molecule has 1 aromatic carbocycles. The van der Waals surface area contributed by atoms with E-state index in [1.807, 2.05) is 25.1 Å². The van der Waals surface area contributed by atoms with Gasteiger partial charge in [0.05, 0.1) is 12.1 Å². The van der Waals surface area contributed by atoms with E-state index >= 15 is 0 Å². The van der Waals surface area contributed by atoms with Crippen molar-refractivity contribution in [3.8, 4) is 0 Å². The van der Waals surface area contributed by atoms with Gasteiger partial charge in [0.25, 0.3) is 0 Å². The van der Waals surface area contributed by atoms with Gasteiger partial charge in [-0.3, -0.25) is 9.69 Å². The third-order valence-electron chi connectivity index (χ3n) is 4.84. The van der Waals surface area contributed by atoms with Crippen molar-refractivity contribution in [2.24, 2.45) is 11.7 Å². The zero-order valence-corrected chi connectivity index (χ0v) is 16.1. The molecule has 3 unspecified atom stereocenters. The van der Waals surface area contributed by atoms with Crippen molar-refractivity contribution < 1.29 is 4.79 Å². The van der Waals surface area contributed by atoms with Crippen LogP contribution in [0, 0.1) is 5.92 Å². The van der Waals surface area contributed by atoms with Crippen molar-refractivity contribution in [3.05, 3.63) is 34.9 Å². The van der Waals surface area contributed by atoms with Gasteiger partial charge < -0.3 is 11.1 Å². The molecule has 0 aromatic heterocycles. The van der Waals surface area contributed by atoms with Gasteiger partial charge in [-0.2, -0.15) is 0 Å². The standard InChI is InChI=1S/C18H28ClN3O.ClH/c1-3-13(2)17(20)18(23)21-12-16(22-9-4-5-10-22)14-7-6-8-15(19)11-14;/h6-8,11,13,16-17H,3-5,9-10,12,20H2,1-2H3,(H,21,23);1H. The number of carbonyl (C=O) groups excluding carboxylic acids is 1. The van der Waals surface area contributed by atoms with E-state index in [1.54, 1.807) is 0 Å². The lowest BCUT2D eigenvalue weighted by molar-refractivity contribution is -0.123. The van der Waals surface area contributed by atoms with Gasteiger partial charge >= 0.3 is 0 Å². The molecule has 4 nitrogen and oxygen atoms in total. The molecule has 136 valence electrons. The normalized spacial score (nSPS) is 18.5. The second-order valence-electron chi connectivity index (χ2n) is 6.47. The summed E-state index contributed by atoms with van der Waals surface area (Å²) < 4.78 is 0. The molecule has 3 atom stereocenters. The van der Waals surface area contributed by atoms with E-state index in [9.17, 15) is 4.79 Å². The molecule has 1 aromatic rings. The van der Waals surface area contributed by atoms with Crippen LogP contribution in [0.1, 0.15) is 44.7 Å². The Hall–Kier alpha value is -0.810. The van der Waals surface area contributed by atoms with Gasteiger partial charge in [-0.1, -0.05) is 44.0 Å². The maximum atomic E-state index is 12.3. The molecule has 24 heavy (non-hydrogen) atoms. The molecular weight excluding hydrogens is 345 g/mol. The van der Waals surface area contributed by atoms with Crippen LogP contribution in [0.15, 0.2) is 24.3 Å². The summed E-state index contributed by atoms with van der Waals surface area (Å²) in [5.41, 5.74) is 7.18. The van der Waals surface area contributed by atoms with Crippen LogP contribution < -0.4 is 11.1 Å². The zero-order valence-electron chi connectivity index (χ0n) is 14.5. The smallest absolute Gasteiger partial charge is 0.237 e. The number of carbonyl (C=O) groups is 1. The minimum atomic E-state index is -0.446. The van der Waals surface area contributed by atoms with Crippen molar-refractivity contribution in [2.45, 2.75) is 45.2 Å². The molecule has 1 fully saturated rings. The second-order valence-corrected chi connectivity index (χ2v) is 6.91.